The summed E-state index contributed by atoms with van der Waals surface area (Å²) in [5.74, 6) is 0.557. The number of hydrogen-bond acceptors (Lipinski definition) is 4. The second-order valence-electron chi connectivity index (χ2n) is 2.99. The van der Waals surface area contributed by atoms with Crippen LogP contribution in [0.4, 0.5) is 0 Å². The minimum Gasteiger partial charge on any atom is -0.481 e. The zero-order valence-corrected chi connectivity index (χ0v) is 8.91. The van der Waals surface area contributed by atoms with Crippen molar-refractivity contribution in [2.24, 2.45) is 0 Å². The first-order valence-electron chi connectivity index (χ1n) is 4.66. The first-order chi connectivity index (χ1) is 7.26. The van der Waals surface area contributed by atoms with Crippen LogP contribution in [-0.2, 0) is 11.3 Å². The molecular weight excluding hydrogens is 194 g/mol. The molecule has 0 unspecified atom stereocenters. The van der Waals surface area contributed by atoms with Crippen molar-refractivity contribution in [2.45, 2.75) is 6.54 Å². The summed E-state index contributed by atoms with van der Waals surface area (Å²) in [5.41, 5.74) is 1.01. The maximum atomic E-state index is 10.9. The molecular formula is C10H15N3O2. The molecule has 82 valence electrons. The average Bonchev–Trinajstić information content (AvgIpc) is 2.29. The molecule has 0 atom stereocenters. The standard InChI is InChI=1S/C10H15N3O2/c1-11-9(14)7-12-5-8-3-4-10(15-2)13-6-8/h3-4,6,12H,5,7H2,1-2H3,(H,11,14). The molecule has 0 saturated heterocycles. The molecule has 1 heterocycles. The predicted molar refractivity (Wildman–Crippen MR) is 56.6 cm³/mol. The smallest absolute Gasteiger partial charge is 0.233 e. The molecule has 5 heteroatoms. The van der Waals surface area contributed by atoms with Gasteiger partial charge in [0.1, 0.15) is 0 Å². The number of carbonyl (C=O) groups excluding carboxylic acids is 1. The van der Waals surface area contributed by atoms with E-state index >= 15 is 0 Å². The van der Waals surface area contributed by atoms with Crippen LogP contribution >= 0.6 is 0 Å². The summed E-state index contributed by atoms with van der Waals surface area (Å²) in [4.78, 5) is 14.9. The summed E-state index contributed by atoms with van der Waals surface area (Å²) in [6.45, 7) is 0.924. The maximum absolute atomic E-state index is 10.9. The number of ether oxygens (including phenoxy) is 1. The van der Waals surface area contributed by atoms with Crippen LogP contribution < -0.4 is 15.4 Å². The third kappa shape index (κ3) is 3.95. The van der Waals surface area contributed by atoms with Crippen molar-refractivity contribution in [3.8, 4) is 5.88 Å². The van der Waals surface area contributed by atoms with Gasteiger partial charge in [0.2, 0.25) is 11.8 Å². The number of pyridine rings is 1. The van der Waals surface area contributed by atoms with Gasteiger partial charge >= 0.3 is 0 Å². The molecule has 0 aliphatic rings. The maximum Gasteiger partial charge on any atom is 0.233 e. The Morgan fingerprint density at radius 2 is 2.33 bits per heavy atom. The van der Waals surface area contributed by atoms with E-state index in [1.54, 1.807) is 26.4 Å². The summed E-state index contributed by atoms with van der Waals surface area (Å²) >= 11 is 0. The molecule has 0 bridgehead atoms. The molecule has 1 aromatic rings. The lowest BCUT2D eigenvalue weighted by Crippen LogP contribution is -2.30. The number of carbonyl (C=O) groups is 1. The van der Waals surface area contributed by atoms with E-state index in [9.17, 15) is 4.79 Å². The first-order valence-corrected chi connectivity index (χ1v) is 4.66. The van der Waals surface area contributed by atoms with Crippen molar-refractivity contribution in [2.75, 3.05) is 20.7 Å². The molecule has 0 radical (unpaired) electrons. The number of hydrogen-bond donors (Lipinski definition) is 2. The van der Waals surface area contributed by atoms with Crippen LogP contribution in [0.25, 0.3) is 0 Å². The van der Waals surface area contributed by atoms with Crippen molar-refractivity contribution in [1.29, 1.82) is 0 Å². The highest BCUT2D eigenvalue weighted by atomic mass is 16.5. The van der Waals surface area contributed by atoms with Gasteiger partial charge in [-0.1, -0.05) is 6.07 Å². The molecule has 1 amide bonds. The van der Waals surface area contributed by atoms with E-state index in [0.29, 0.717) is 19.0 Å². The highest BCUT2D eigenvalue weighted by Gasteiger charge is 1.98. The van der Waals surface area contributed by atoms with Crippen LogP contribution in [0.3, 0.4) is 0 Å². The van der Waals surface area contributed by atoms with Gasteiger partial charge in [0.25, 0.3) is 0 Å². The third-order valence-electron chi connectivity index (χ3n) is 1.90. The fourth-order valence-corrected chi connectivity index (χ4v) is 1.04. The Balaban J connectivity index is 2.34. The average molecular weight is 209 g/mol. The number of methoxy groups -OCH3 is 1. The molecule has 0 aliphatic heterocycles. The summed E-state index contributed by atoms with van der Waals surface area (Å²) in [5, 5.41) is 5.53. The number of amides is 1. The second kappa shape index (κ2) is 5.98. The largest absolute Gasteiger partial charge is 0.481 e. The SMILES string of the molecule is CNC(=O)CNCc1ccc(OC)nc1. The van der Waals surface area contributed by atoms with Gasteiger partial charge in [0, 0.05) is 25.9 Å². The Morgan fingerprint density at radius 3 is 2.87 bits per heavy atom. The van der Waals surface area contributed by atoms with Crippen molar-refractivity contribution in [3.05, 3.63) is 23.9 Å². The lowest BCUT2D eigenvalue weighted by atomic mass is 10.3. The lowest BCUT2D eigenvalue weighted by molar-refractivity contribution is -0.119. The molecule has 1 aromatic heterocycles. The summed E-state index contributed by atoms with van der Waals surface area (Å²) in [6, 6.07) is 3.69. The molecule has 1 rings (SSSR count). The summed E-state index contributed by atoms with van der Waals surface area (Å²) in [7, 11) is 3.19. The van der Waals surface area contributed by atoms with E-state index < -0.39 is 0 Å². The quantitative estimate of drug-likeness (QED) is 0.712. The first kappa shape index (κ1) is 11.5. The normalized spacial score (nSPS) is 9.73. The molecule has 5 nitrogen and oxygen atoms in total. The van der Waals surface area contributed by atoms with Crippen molar-refractivity contribution < 1.29 is 9.53 Å². The van der Waals surface area contributed by atoms with Crippen LogP contribution in [0.2, 0.25) is 0 Å². The summed E-state index contributed by atoms with van der Waals surface area (Å²) in [6.07, 6.45) is 1.72. The molecule has 0 fully saturated rings. The van der Waals surface area contributed by atoms with E-state index in [1.165, 1.54) is 0 Å². The topological polar surface area (TPSA) is 63.2 Å². The Morgan fingerprint density at radius 1 is 1.53 bits per heavy atom. The third-order valence-corrected chi connectivity index (χ3v) is 1.90. The summed E-state index contributed by atoms with van der Waals surface area (Å²) < 4.78 is 4.93. The van der Waals surface area contributed by atoms with Gasteiger partial charge in [-0.2, -0.15) is 0 Å². The monoisotopic (exact) mass is 209 g/mol. The Hall–Kier alpha value is -1.62. The second-order valence-corrected chi connectivity index (χ2v) is 2.99. The number of nitrogens with one attached hydrogen (secondary N) is 2. The molecule has 0 aliphatic carbocycles. The van der Waals surface area contributed by atoms with Crippen molar-refractivity contribution in [1.82, 2.24) is 15.6 Å². The number of likely N-dealkylation sites (N-methyl/N-ethyl adjacent to an activating group) is 1. The van der Waals surface area contributed by atoms with Gasteiger partial charge in [-0.15, -0.1) is 0 Å². The van der Waals surface area contributed by atoms with E-state index in [1.807, 2.05) is 6.07 Å². The van der Waals surface area contributed by atoms with Crippen LogP contribution in [0.1, 0.15) is 5.56 Å². The van der Waals surface area contributed by atoms with Crippen LogP contribution in [-0.4, -0.2) is 31.6 Å². The predicted octanol–water partition coefficient (Wildman–Crippen LogP) is -0.0742. The number of aromatic nitrogens is 1. The lowest BCUT2D eigenvalue weighted by Gasteiger charge is -2.04. The van der Waals surface area contributed by atoms with Gasteiger partial charge in [-0.25, -0.2) is 4.98 Å². The number of nitrogens with zero attached hydrogens (tertiary/aromatic N) is 1. The Labute approximate surface area is 88.9 Å². The highest BCUT2D eigenvalue weighted by Crippen LogP contribution is 2.05. The fourth-order valence-electron chi connectivity index (χ4n) is 1.04. The molecule has 0 saturated carbocycles. The Bertz CT molecular complexity index is 311. The minimum atomic E-state index is -0.0310. The Kier molecular flexibility index (Phi) is 4.56. The van der Waals surface area contributed by atoms with Crippen molar-refractivity contribution in [3.63, 3.8) is 0 Å². The molecule has 2 N–H and O–H groups in total. The van der Waals surface area contributed by atoms with E-state index in [-0.39, 0.29) is 5.91 Å². The van der Waals surface area contributed by atoms with E-state index in [4.69, 9.17) is 4.74 Å². The highest BCUT2D eigenvalue weighted by molar-refractivity contribution is 5.77. The van der Waals surface area contributed by atoms with Crippen LogP contribution in [0.15, 0.2) is 18.3 Å². The van der Waals surface area contributed by atoms with Crippen LogP contribution in [0, 0.1) is 0 Å². The molecule has 0 spiro atoms. The van der Waals surface area contributed by atoms with Gasteiger partial charge in [-0.3, -0.25) is 4.79 Å². The van der Waals surface area contributed by atoms with E-state index in [2.05, 4.69) is 15.6 Å². The van der Waals surface area contributed by atoms with E-state index in [0.717, 1.165) is 5.56 Å². The van der Waals surface area contributed by atoms with Crippen LogP contribution in [0.5, 0.6) is 5.88 Å². The zero-order valence-electron chi connectivity index (χ0n) is 8.91. The molecule has 0 aromatic carbocycles. The van der Waals surface area contributed by atoms with Gasteiger partial charge in [0.05, 0.1) is 13.7 Å². The number of rotatable bonds is 5. The fraction of sp³-hybridized carbons (Fsp3) is 0.400. The van der Waals surface area contributed by atoms with Gasteiger partial charge in [-0.05, 0) is 5.56 Å². The molecule has 15 heavy (non-hydrogen) atoms. The minimum absolute atomic E-state index is 0.0310. The van der Waals surface area contributed by atoms with Gasteiger partial charge in [0.15, 0.2) is 0 Å². The van der Waals surface area contributed by atoms with Crippen molar-refractivity contribution >= 4 is 5.91 Å². The zero-order chi connectivity index (χ0) is 11.1. The van der Waals surface area contributed by atoms with Gasteiger partial charge < -0.3 is 15.4 Å².